The monoisotopic (exact) mass is 188 g/mol. The van der Waals surface area contributed by atoms with Gasteiger partial charge in [0.15, 0.2) is 0 Å². The fraction of sp³-hybridized carbons (Fsp3) is 0.167. The van der Waals surface area contributed by atoms with Gasteiger partial charge in [0.05, 0.1) is 6.61 Å². The second-order valence-electron chi connectivity index (χ2n) is 2.64. The first-order valence-electron chi connectivity index (χ1n) is 4.42. The van der Waals surface area contributed by atoms with Gasteiger partial charge < -0.3 is 4.74 Å². The lowest BCUT2D eigenvalue weighted by atomic mass is 10.1. The Balaban J connectivity index is 2.96. The molecule has 1 aromatic carbocycles. The van der Waals surface area contributed by atoms with E-state index in [1.807, 2.05) is 30.3 Å². The van der Waals surface area contributed by atoms with Crippen molar-refractivity contribution in [2.45, 2.75) is 6.92 Å². The second kappa shape index (κ2) is 5.05. The molecule has 0 spiro atoms. The Kier molecular flexibility index (Phi) is 3.71. The zero-order valence-corrected chi connectivity index (χ0v) is 8.12. The van der Waals surface area contributed by atoms with E-state index in [1.54, 1.807) is 6.92 Å². The van der Waals surface area contributed by atoms with Crippen molar-refractivity contribution >= 4 is 11.5 Å². The van der Waals surface area contributed by atoms with E-state index in [2.05, 4.69) is 12.3 Å². The molecule has 0 saturated heterocycles. The first-order chi connectivity index (χ1) is 6.79. The SMILES string of the molecule is C=C=C(C(=O)OCC)c1ccccc1. The largest absolute Gasteiger partial charge is 0.462 e. The number of rotatable bonds is 3. The summed E-state index contributed by atoms with van der Waals surface area (Å²) in [4.78, 5) is 11.4. The maximum absolute atomic E-state index is 11.4. The van der Waals surface area contributed by atoms with Crippen molar-refractivity contribution in [3.05, 3.63) is 48.2 Å². The topological polar surface area (TPSA) is 26.3 Å². The maximum Gasteiger partial charge on any atom is 0.346 e. The molecule has 1 rings (SSSR count). The minimum Gasteiger partial charge on any atom is -0.462 e. The van der Waals surface area contributed by atoms with Crippen LogP contribution in [0, 0.1) is 0 Å². The third-order valence-electron chi connectivity index (χ3n) is 1.72. The number of ether oxygens (including phenoxy) is 1. The normalized spacial score (nSPS) is 8.93. The van der Waals surface area contributed by atoms with Gasteiger partial charge in [0, 0.05) is 0 Å². The maximum atomic E-state index is 11.4. The Morgan fingerprint density at radius 1 is 1.43 bits per heavy atom. The molecule has 0 saturated carbocycles. The lowest BCUT2D eigenvalue weighted by Crippen LogP contribution is -2.05. The number of benzene rings is 1. The predicted octanol–water partition coefficient (Wildman–Crippen LogP) is 2.42. The molecular weight excluding hydrogens is 176 g/mol. The number of hydrogen-bond donors (Lipinski definition) is 0. The van der Waals surface area contributed by atoms with Crippen LogP contribution >= 0.6 is 0 Å². The molecule has 0 heterocycles. The molecule has 2 nitrogen and oxygen atoms in total. The summed E-state index contributed by atoms with van der Waals surface area (Å²) in [5.41, 5.74) is 3.76. The lowest BCUT2D eigenvalue weighted by molar-refractivity contribution is -0.136. The van der Waals surface area contributed by atoms with Crippen LogP contribution in [-0.2, 0) is 9.53 Å². The number of hydrogen-bond acceptors (Lipinski definition) is 2. The quantitative estimate of drug-likeness (QED) is 0.413. The van der Waals surface area contributed by atoms with Crippen LogP contribution in [0.15, 0.2) is 42.6 Å². The van der Waals surface area contributed by atoms with Crippen LogP contribution in [0.2, 0.25) is 0 Å². The summed E-state index contributed by atoms with van der Waals surface area (Å²) < 4.78 is 4.87. The third-order valence-corrected chi connectivity index (χ3v) is 1.72. The Morgan fingerprint density at radius 3 is 2.57 bits per heavy atom. The third kappa shape index (κ3) is 2.35. The highest BCUT2D eigenvalue weighted by Gasteiger charge is 2.10. The van der Waals surface area contributed by atoms with E-state index in [1.165, 1.54) is 0 Å². The average molecular weight is 188 g/mol. The summed E-state index contributed by atoms with van der Waals surface area (Å²) in [6.45, 7) is 5.60. The van der Waals surface area contributed by atoms with E-state index in [4.69, 9.17) is 4.74 Å². The highest BCUT2D eigenvalue weighted by molar-refractivity contribution is 6.16. The van der Waals surface area contributed by atoms with Gasteiger partial charge >= 0.3 is 5.97 Å². The molecule has 2 heteroatoms. The van der Waals surface area contributed by atoms with E-state index in [0.29, 0.717) is 12.2 Å². The minimum atomic E-state index is -0.381. The molecule has 0 aromatic heterocycles. The summed E-state index contributed by atoms with van der Waals surface area (Å²) >= 11 is 0. The first kappa shape index (κ1) is 10.3. The summed E-state index contributed by atoms with van der Waals surface area (Å²) in [5, 5.41) is 0. The van der Waals surface area contributed by atoms with Crippen LogP contribution in [0.3, 0.4) is 0 Å². The molecule has 14 heavy (non-hydrogen) atoms. The van der Waals surface area contributed by atoms with Gasteiger partial charge in [-0.15, -0.1) is 5.73 Å². The number of carbonyl (C=O) groups is 1. The van der Waals surface area contributed by atoms with Gasteiger partial charge in [0.25, 0.3) is 0 Å². The van der Waals surface area contributed by atoms with Crippen molar-refractivity contribution in [3.8, 4) is 0 Å². The molecule has 0 unspecified atom stereocenters. The number of carbonyl (C=O) groups excluding carboxylic acids is 1. The molecule has 0 fully saturated rings. The molecule has 0 radical (unpaired) electrons. The minimum absolute atomic E-state index is 0.358. The summed E-state index contributed by atoms with van der Waals surface area (Å²) in [6.07, 6.45) is 0. The van der Waals surface area contributed by atoms with Gasteiger partial charge in [-0.3, -0.25) is 0 Å². The molecule has 0 aliphatic carbocycles. The smallest absolute Gasteiger partial charge is 0.346 e. The summed E-state index contributed by atoms with van der Waals surface area (Å²) in [5.74, 6) is -0.381. The molecule has 0 aliphatic rings. The summed E-state index contributed by atoms with van der Waals surface area (Å²) in [7, 11) is 0. The van der Waals surface area contributed by atoms with E-state index in [9.17, 15) is 4.79 Å². The van der Waals surface area contributed by atoms with Gasteiger partial charge in [0.1, 0.15) is 5.57 Å². The van der Waals surface area contributed by atoms with E-state index < -0.39 is 0 Å². The van der Waals surface area contributed by atoms with Gasteiger partial charge in [-0.2, -0.15) is 0 Å². The van der Waals surface area contributed by atoms with Crippen LogP contribution < -0.4 is 0 Å². The molecule has 0 amide bonds. The molecule has 0 aliphatic heterocycles. The Morgan fingerprint density at radius 2 is 2.07 bits per heavy atom. The molecule has 72 valence electrons. The standard InChI is InChI=1S/C12H12O2/c1-3-11(12(13)14-4-2)10-8-6-5-7-9-10/h5-9H,1,4H2,2H3. The average Bonchev–Trinajstić information content (AvgIpc) is 2.21. The van der Waals surface area contributed by atoms with Crippen LogP contribution in [0.1, 0.15) is 12.5 Å². The zero-order valence-electron chi connectivity index (χ0n) is 8.12. The van der Waals surface area contributed by atoms with Gasteiger partial charge in [-0.25, -0.2) is 4.79 Å². The van der Waals surface area contributed by atoms with Crippen molar-refractivity contribution in [2.75, 3.05) is 6.61 Å². The second-order valence-corrected chi connectivity index (χ2v) is 2.64. The van der Waals surface area contributed by atoms with Crippen LogP contribution in [0.5, 0.6) is 0 Å². The molecule has 0 atom stereocenters. The lowest BCUT2D eigenvalue weighted by Gasteiger charge is -2.03. The van der Waals surface area contributed by atoms with Crippen molar-refractivity contribution < 1.29 is 9.53 Å². The van der Waals surface area contributed by atoms with E-state index in [-0.39, 0.29) is 5.97 Å². The highest BCUT2D eigenvalue weighted by Crippen LogP contribution is 2.13. The fourth-order valence-corrected chi connectivity index (χ4v) is 1.10. The van der Waals surface area contributed by atoms with E-state index >= 15 is 0 Å². The van der Waals surface area contributed by atoms with Crippen molar-refractivity contribution in [3.63, 3.8) is 0 Å². The Hall–Kier alpha value is -1.79. The highest BCUT2D eigenvalue weighted by atomic mass is 16.5. The molecule has 0 bridgehead atoms. The van der Waals surface area contributed by atoms with Crippen LogP contribution in [-0.4, -0.2) is 12.6 Å². The van der Waals surface area contributed by atoms with Gasteiger partial charge in [-0.05, 0) is 12.5 Å². The molecule has 1 aromatic rings. The van der Waals surface area contributed by atoms with Crippen LogP contribution in [0.4, 0.5) is 0 Å². The number of esters is 1. The predicted molar refractivity (Wildman–Crippen MR) is 55.6 cm³/mol. The molecule has 0 N–H and O–H groups in total. The van der Waals surface area contributed by atoms with Gasteiger partial charge in [-0.1, -0.05) is 36.9 Å². The van der Waals surface area contributed by atoms with Crippen LogP contribution in [0.25, 0.3) is 5.57 Å². The first-order valence-corrected chi connectivity index (χ1v) is 4.42. The van der Waals surface area contributed by atoms with Crippen molar-refractivity contribution in [1.82, 2.24) is 0 Å². The zero-order chi connectivity index (χ0) is 10.4. The fourth-order valence-electron chi connectivity index (χ4n) is 1.10. The van der Waals surface area contributed by atoms with Gasteiger partial charge in [0.2, 0.25) is 0 Å². The van der Waals surface area contributed by atoms with E-state index in [0.717, 1.165) is 5.56 Å². The molecular formula is C12H12O2. The van der Waals surface area contributed by atoms with Crippen molar-refractivity contribution in [2.24, 2.45) is 0 Å². The summed E-state index contributed by atoms with van der Waals surface area (Å²) in [6, 6.07) is 9.24. The van der Waals surface area contributed by atoms with Crippen molar-refractivity contribution in [1.29, 1.82) is 0 Å². The Labute approximate surface area is 83.5 Å². The Bertz CT molecular complexity index is 359.